The van der Waals surface area contributed by atoms with Crippen LogP contribution < -0.4 is 4.90 Å². The quantitative estimate of drug-likeness (QED) is 0.542. The van der Waals surface area contributed by atoms with Crippen LogP contribution in [0.5, 0.6) is 0 Å². The first-order chi connectivity index (χ1) is 13.3. The molecule has 4 aromatic rings. The van der Waals surface area contributed by atoms with E-state index in [9.17, 15) is 4.79 Å². The molecule has 1 aliphatic heterocycles. The standard InChI is InChI=1S/C20H18N4O2S/c25-19(16-13-23-10-4-3-9-18(23)21-16)24(12-14-6-5-11-26-14)20-22-15-7-1-2-8-17(15)27-20/h1-4,7-10,13-14H,5-6,11-12H2/t14-/m0/s1. The van der Waals surface area contributed by atoms with Crippen LogP contribution in [-0.4, -0.2) is 39.5 Å². The Hall–Kier alpha value is -2.77. The maximum Gasteiger partial charge on any atom is 0.280 e. The molecule has 0 N–H and O–H groups in total. The molecule has 5 rings (SSSR count). The zero-order chi connectivity index (χ0) is 18.2. The molecule has 1 aliphatic rings. The number of carbonyl (C=O) groups is 1. The first kappa shape index (κ1) is 16.4. The van der Waals surface area contributed by atoms with Gasteiger partial charge in [0.25, 0.3) is 5.91 Å². The number of pyridine rings is 1. The molecule has 1 atom stereocenters. The fourth-order valence-corrected chi connectivity index (χ4v) is 4.36. The predicted molar refractivity (Wildman–Crippen MR) is 105 cm³/mol. The number of aromatic nitrogens is 3. The zero-order valence-corrected chi connectivity index (χ0v) is 15.4. The van der Waals surface area contributed by atoms with Crippen LogP contribution in [0.25, 0.3) is 15.9 Å². The number of hydrogen-bond donors (Lipinski definition) is 0. The molecule has 0 saturated carbocycles. The molecule has 1 aromatic carbocycles. The highest BCUT2D eigenvalue weighted by Crippen LogP contribution is 2.30. The highest BCUT2D eigenvalue weighted by molar-refractivity contribution is 7.22. The number of benzene rings is 1. The van der Waals surface area contributed by atoms with Crippen LogP contribution in [0.4, 0.5) is 5.13 Å². The minimum Gasteiger partial charge on any atom is -0.376 e. The Morgan fingerprint density at radius 1 is 1.22 bits per heavy atom. The van der Waals surface area contributed by atoms with Crippen molar-refractivity contribution in [2.75, 3.05) is 18.1 Å². The molecule has 0 bridgehead atoms. The monoisotopic (exact) mass is 378 g/mol. The third-order valence-corrected chi connectivity index (χ3v) is 5.81. The van der Waals surface area contributed by atoms with Crippen LogP contribution in [0.2, 0.25) is 0 Å². The van der Waals surface area contributed by atoms with Crippen molar-refractivity contribution >= 4 is 38.2 Å². The normalized spacial score (nSPS) is 17.0. The van der Waals surface area contributed by atoms with Gasteiger partial charge in [0.1, 0.15) is 11.3 Å². The van der Waals surface area contributed by atoms with Crippen molar-refractivity contribution in [3.05, 3.63) is 60.6 Å². The molecule has 0 radical (unpaired) electrons. The molecule has 7 heteroatoms. The molecule has 6 nitrogen and oxygen atoms in total. The van der Waals surface area contributed by atoms with E-state index in [1.54, 1.807) is 11.1 Å². The second-order valence-electron chi connectivity index (χ2n) is 6.61. The van der Waals surface area contributed by atoms with Gasteiger partial charge >= 0.3 is 0 Å². The Morgan fingerprint density at radius 3 is 2.93 bits per heavy atom. The lowest BCUT2D eigenvalue weighted by Crippen LogP contribution is -2.37. The number of ether oxygens (including phenoxy) is 1. The molecule has 0 aliphatic carbocycles. The minimum absolute atomic E-state index is 0.0398. The predicted octanol–water partition coefficient (Wildman–Crippen LogP) is 3.77. The van der Waals surface area contributed by atoms with Crippen LogP contribution in [-0.2, 0) is 4.74 Å². The summed E-state index contributed by atoms with van der Waals surface area (Å²) in [6.45, 7) is 1.24. The Kier molecular flexibility index (Phi) is 4.10. The molecule has 1 fully saturated rings. The topological polar surface area (TPSA) is 59.7 Å². The van der Waals surface area contributed by atoms with Gasteiger partial charge in [-0.15, -0.1) is 0 Å². The number of rotatable bonds is 4. The van der Waals surface area contributed by atoms with Gasteiger partial charge in [-0.05, 0) is 37.1 Å². The highest BCUT2D eigenvalue weighted by Gasteiger charge is 2.28. The van der Waals surface area contributed by atoms with Gasteiger partial charge in [-0.3, -0.25) is 9.69 Å². The second kappa shape index (κ2) is 6.75. The number of hydrogen-bond acceptors (Lipinski definition) is 5. The lowest BCUT2D eigenvalue weighted by Gasteiger charge is -2.22. The summed E-state index contributed by atoms with van der Waals surface area (Å²) in [4.78, 5) is 24.2. The number of carbonyl (C=O) groups excluding carboxylic acids is 1. The van der Waals surface area contributed by atoms with Crippen molar-refractivity contribution in [1.82, 2.24) is 14.4 Å². The van der Waals surface area contributed by atoms with Crippen molar-refractivity contribution in [3.8, 4) is 0 Å². The summed E-state index contributed by atoms with van der Waals surface area (Å²) in [6, 6.07) is 13.7. The lowest BCUT2D eigenvalue weighted by atomic mass is 10.2. The van der Waals surface area contributed by atoms with Gasteiger partial charge in [0.15, 0.2) is 5.13 Å². The van der Waals surface area contributed by atoms with Crippen molar-refractivity contribution in [2.45, 2.75) is 18.9 Å². The third-order valence-electron chi connectivity index (χ3n) is 4.75. The first-order valence-corrected chi connectivity index (χ1v) is 9.82. The molecular weight excluding hydrogens is 360 g/mol. The third kappa shape index (κ3) is 3.09. The molecule has 1 amide bonds. The van der Waals surface area contributed by atoms with Crippen LogP contribution >= 0.6 is 11.3 Å². The van der Waals surface area contributed by atoms with E-state index >= 15 is 0 Å². The average Bonchev–Trinajstić information content (AvgIpc) is 3.44. The van der Waals surface area contributed by atoms with Crippen LogP contribution in [0.15, 0.2) is 54.9 Å². The fourth-order valence-electron chi connectivity index (χ4n) is 3.39. The fraction of sp³-hybridized carbons (Fsp3) is 0.250. The number of thiazole rings is 1. The summed E-state index contributed by atoms with van der Waals surface area (Å²) in [5.41, 5.74) is 2.07. The van der Waals surface area contributed by atoms with E-state index in [-0.39, 0.29) is 12.0 Å². The number of fused-ring (bicyclic) bond motifs is 2. The molecule has 3 aromatic heterocycles. The van der Waals surface area contributed by atoms with Crippen LogP contribution in [0.3, 0.4) is 0 Å². The van der Waals surface area contributed by atoms with Crippen molar-refractivity contribution in [2.24, 2.45) is 0 Å². The lowest BCUT2D eigenvalue weighted by molar-refractivity contribution is 0.0914. The number of anilines is 1. The Balaban J connectivity index is 1.54. The molecule has 0 spiro atoms. The molecule has 1 saturated heterocycles. The SMILES string of the molecule is O=C(c1cn2ccccc2n1)N(C[C@@H]1CCCO1)c1nc2ccccc2s1. The summed E-state index contributed by atoms with van der Waals surface area (Å²) in [5, 5.41) is 0.689. The smallest absolute Gasteiger partial charge is 0.280 e. The number of imidazole rings is 1. The summed E-state index contributed by atoms with van der Waals surface area (Å²) < 4.78 is 8.70. The summed E-state index contributed by atoms with van der Waals surface area (Å²) in [6.07, 6.45) is 5.69. The van der Waals surface area contributed by atoms with Crippen molar-refractivity contribution in [3.63, 3.8) is 0 Å². The molecular formula is C20H18N4O2S. The molecule has 0 unspecified atom stereocenters. The highest BCUT2D eigenvalue weighted by atomic mass is 32.1. The van der Waals surface area contributed by atoms with Crippen molar-refractivity contribution < 1.29 is 9.53 Å². The first-order valence-electron chi connectivity index (χ1n) is 9.01. The molecule has 136 valence electrons. The zero-order valence-electron chi connectivity index (χ0n) is 14.6. The van der Waals surface area contributed by atoms with E-state index in [1.807, 2.05) is 53.1 Å². The summed E-state index contributed by atoms with van der Waals surface area (Å²) >= 11 is 1.52. The van der Waals surface area contributed by atoms with E-state index in [1.165, 1.54) is 11.3 Å². The van der Waals surface area contributed by atoms with Gasteiger partial charge in [0.2, 0.25) is 0 Å². The number of amides is 1. The maximum absolute atomic E-state index is 13.3. The minimum atomic E-state index is -0.145. The Bertz CT molecular complexity index is 1050. The van der Waals surface area contributed by atoms with Crippen LogP contribution in [0.1, 0.15) is 23.3 Å². The maximum atomic E-state index is 13.3. The van der Waals surface area contributed by atoms with E-state index < -0.39 is 0 Å². The van der Waals surface area contributed by atoms with Gasteiger partial charge in [-0.2, -0.15) is 0 Å². The summed E-state index contributed by atoms with van der Waals surface area (Å²) in [5.74, 6) is -0.145. The average molecular weight is 378 g/mol. The van der Waals surface area contributed by atoms with Crippen LogP contribution in [0, 0.1) is 0 Å². The molecule has 27 heavy (non-hydrogen) atoms. The van der Waals surface area contributed by atoms with Gasteiger partial charge < -0.3 is 9.14 Å². The van der Waals surface area contributed by atoms with E-state index in [4.69, 9.17) is 4.74 Å². The Labute approximate surface area is 160 Å². The number of nitrogens with zero attached hydrogens (tertiary/aromatic N) is 4. The van der Waals surface area contributed by atoms with Gasteiger partial charge in [0, 0.05) is 19.0 Å². The van der Waals surface area contributed by atoms with Gasteiger partial charge in [0.05, 0.1) is 22.9 Å². The van der Waals surface area contributed by atoms with E-state index in [2.05, 4.69) is 9.97 Å². The van der Waals surface area contributed by atoms with Crippen molar-refractivity contribution in [1.29, 1.82) is 0 Å². The number of para-hydroxylation sites is 1. The largest absolute Gasteiger partial charge is 0.376 e. The molecule has 4 heterocycles. The van der Waals surface area contributed by atoms with Gasteiger partial charge in [-0.25, -0.2) is 9.97 Å². The summed E-state index contributed by atoms with van der Waals surface area (Å²) in [7, 11) is 0. The second-order valence-corrected chi connectivity index (χ2v) is 7.62. The van der Waals surface area contributed by atoms with E-state index in [0.717, 1.165) is 35.3 Å². The Morgan fingerprint density at radius 2 is 2.11 bits per heavy atom. The van der Waals surface area contributed by atoms with E-state index in [0.29, 0.717) is 17.4 Å². The van der Waals surface area contributed by atoms with Gasteiger partial charge in [-0.1, -0.05) is 29.5 Å².